The SMILES string of the molecule is CC(C)(C)[Si](C)(C)OC[C@@H](CO)NC(=O)c1ccccc1. The summed E-state index contributed by atoms with van der Waals surface area (Å²) < 4.78 is 6.05. The topological polar surface area (TPSA) is 58.6 Å². The van der Waals surface area contributed by atoms with Crippen LogP contribution >= 0.6 is 0 Å². The molecule has 0 aromatic heterocycles. The van der Waals surface area contributed by atoms with Crippen LogP contribution in [0, 0.1) is 0 Å². The molecule has 1 rings (SSSR count). The Kier molecular flexibility index (Phi) is 6.13. The first kappa shape index (κ1) is 17.9. The van der Waals surface area contributed by atoms with Crippen molar-refractivity contribution in [1.29, 1.82) is 0 Å². The first-order valence-electron chi connectivity index (χ1n) is 7.28. The fraction of sp³-hybridized carbons (Fsp3) is 0.562. The minimum Gasteiger partial charge on any atom is -0.415 e. The number of nitrogens with one attached hydrogen (secondary N) is 1. The molecule has 0 saturated carbocycles. The maximum absolute atomic E-state index is 12.1. The first-order valence-corrected chi connectivity index (χ1v) is 10.2. The van der Waals surface area contributed by atoms with Gasteiger partial charge in [0.2, 0.25) is 0 Å². The van der Waals surface area contributed by atoms with Gasteiger partial charge in [0.25, 0.3) is 5.91 Å². The summed E-state index contributed by atoms with van der Waals surface area (Å²) in [7, 11) is -1.88. The van der Waals surface area contributed by atoms with E-state index in [2.05, 4.69) is 39.2 Å². The molecule has 1 atom stereocenters. The zero-order valence-electron chi connectivity index (χ0n) is 13.6. The van der Waals surface area contributed by atoms with Crippen molar-refractivity contribution in [1.82, 2.24) is 5.32 Å². The molecule has 0 saturated heterocycles. The second kappa shape index (κ2) is 7.20. The molecule has 0 heterocycles. The lowest BCUT2D eigenvalue weighted by atomic mass is 10.2. The maximum Gasteiger partial charge on any atom is 0.251 e. The molecule has 0 unspecified atom stereocenters. The molecule has 0 bridgehead atoms. The van der Waals surface area contributed by atoms with E-state index in [1.807, 2.05) is 18.2 Å². The highest BCUT2D eigenvalue weighted by Gasteiger charge is 2.37. The van der Waals surface area contributed by atoms with Gasteiger partial charge in [-0.25, -0.2) is 0 Å². The Labute approximate surface area is 128 Å². The monoisotopic (exact) mass is 309 g/mol. The van der Waals surface area contributed by atoms with E-state index in [0.717, 1.165) is 0 Å². The summed E-state index contributed by atoms with van der Waals surface area (Å²) in [4.78, 5) is 12.1. The van der Waals surface area contributed by atoms with Crippen molar-refractivity contribution < 1.29 is 14.3 Å². The van der Waals surface area contributed by atoms with Gasteiger partial charge in [-0.2, -0.15) is 0 Å². The fourth-order valence-electron chi connectivity index (χ4n) is 1.52. The third kappa shape index (κ3) is 5.26. The van der Waals surface area contributed by atoms with Crippen LogP contribution in [0.25, 0.3) is 0 Å². The van der Waals surface area contributed by atoms with Crippen molar-refractivity contribution in [2.75, 3.05) is 13.2 Å². The van der Waals surface area contributed by atoms with Gasteiger partial charge in [-0.05, 0) is 30.3 Å². The highest BCUT2D eigenvalue weighted by Crippen LogP contribution is 2.36. The number of hydrogen-bond acceptors (Lipinski definition) is 3. The van der Waals surface area contributed by atoms with Crippen molar-refractivity contribution in [2.24, 2.45) is 0 Å². The van der Waals surface area contributed by atoms with Gasteiger partial charge in [0.1, 0.15) is 0 Å². The van der Waals surface area contributed by atoms with Crippen molar-refractivity contribution >= 4 is 14.2 Å². The van der Waals surface area contributed by atoms with Gasteiger partial charge in [-0.1, -0.05) is 39.0 Å². The number of aliphatic hydroxyl groups is 1. The van der Waals surface area contributed by atoms with Gasteiger partial charge < -0.3 is 14.8 Å². The van der Waals surface area contributed by atoms with Gasteiger partial charge in [-0.3, -0.25) is 4.79 Å². The Balaban J connectivity index is 2.59. The van der Waals surface area contributed by atoms with Gasteiger partial charge in [0.05, 0.1) is 19.3 Å². The lowest BCUT2D eigenvalue weighted by Gasteiger charge is -2.37. The van der Waals surface area contributed by atoms with Crippen LogP contribution in [-0.4, -0.2) is 38.6 Å². The number of aliphatic hydroxyl groups excluding tert-OH is 1. The van der Waals surface area contributed by atoms with E-state index in [-0.39, 0.29) is 23.6 Å². The molecule has 1 aromatic carbocycles. The molecule has 5 heteroatoms. The normalized spacial score (nSPS) is 13.8. The standard InChI is InChI=1S/C16H27NO3Si/c1-16(2,3)21(4,5)20-12-14(11-18)17-15(19)13-9-7-6-8-10-13/h6-10,14,18H,11-12H2,1-5H3,(H,17,19)/t14-/m1/s1. The van der Waals surface area contributed by atoms with E-state index in [0.29, 0.717) is 12.2 Å². The summed E-state index contributed by atoms with van der Waals surface area (Å²) in [5, 5.41) is 12.4. The number of carbonyl (C=O) groups excluding carboxylic acids is 1. The number of hydrogen-bond donors (Lipinski definition) is 2. The molecule has 0 aliphatic rings. The second-order valence-electron chi connectivity index (χ2n) is 6.79. The molecular weight excluding hydrogens is 282 g/mol. The Morgan fingerprint density at radius 3 is 2.33 bits per heavy atom. The minimum absolute atomic E-state index is 0.108. The molecule has 4 nitrogen and oxygen atoms in total. The first-order chi connectivity index (χ1) is 9.67. The van der Waals surface area contributed by atoms with Gasteiger partial charge in [0, 0.05) is 5.56 Å². The summed E-state index contributed by atoms with van der Waals surface area (Å²) in [5.41, 5.74) is 0.586. The third-order valence-corrected chi connectivity index (χ3v) is 8.54. The van der Waals surface area contributed by atoms with Crippen molar-refractivity contribution in [3.8, 4) is 0 Å². The van der Waals surface area contributed by atoms with Crippen LogP contribution in [0.1, 0.15) is 31.1 Å². The zero-order valence-corrected chi connectivity index (χ0v) is 14.6. The molecule has 21 heavy (non-hydrogen) atoms. The predicted molar refractivity (Wildman–Crippen MR) is 87.9 cm³/mol. The van der Waals surface area contributed by atoms with E-state index in [1.54, 1.807) is 12.1 Å². The molecule has 0 fully saturated rings. The lowest BCUT2D eigenvalue weighted by Crippen LogP contribution is -2.47. The molecular formula is C16H27NO3Si. The Bertz CT molecular complexity index is 454. The zero-order chi connectivity index (χ0) is 16.1. The molecule has 0 radical (unpaired) electrons. The molecule has 0 aliphatic heterocycles. The average Bonchev–Trinajstić information content (AvgIpc) is 2.43. The average molecular weight is 309 g/mol. The highest BCUT2D eigenvalue weighted by atomic mass is 28.4. The number of amides is 1. The minimum atomic E-state index is -1.88. The maximum atomic E-state index is 12.1. The van der Waals surface area contributed by atoms with E-state index in [4.69, 9.17) is 4.43 Å². The lowest BCUT2D eigenvalue weighted by molar-refractivity contribution is 0.0883. The van der Waals surface area contributed by atoms with Gasteiger partial charge in [-0.15, -0.1) is 0 Å². The van der Waals surface area contributed by atoms with Crippen LogP contribution < -0.4 is 5.32 Å². The van der Waals surface area contributed by atoms with E-state index < -0.39 is 8.32 Å². The van der Waals surface area contributed by atoms with Gasteiger partial charge >= 0.3 is 0 Å². The van der Waals surface area contributed by atoms with Crippen LogP contribution in [0.4, 0.5) is 0 Å². The van der Waals surface area contributed by atoms with Crippen LogP contribution in [-0.2, 0) is 4.43 Å². The Hall–Kier alpha value is -1.17. The Morgan fingerprint density at radius 1 is 1.29 bits per heavy atom. The summed E-state index contributed by atoms with van der Waals surface area (Å²) in [6, 6.07) is 8.61. The highest BCUT2D eigenvalue weighted by molar-refractivity contribution is 6.74. The van der Waals surface area contributed by atoms with Crippen LogP contribution in [0.2, 0.25) is 18.1 Å². The smallest absolute Gasteiger partial charge is 0.251 e. The largest absolute Gasteiger partial charge is 0.415 e. The van der Waals surface area contributed by atoms with Crippen molar-refractivity contribution in [2.45, 2.75) is 44.9 Å². The second-order valence-corrected chi connectivity index (χ2v) is 11.6. The fourth-order valence-corrected chi connectivity index (χ4v) is 2.57. The van der Waals surface area contributed by atoms with Crippen LogP contribution in [0.3, 0.4) is 0 Å². The van der Waals surface area contributed by atoms with Crippen LogP contribution in [0.5, 0.6) is 0 Å². The number of rotatable bonds is 6. The Morgan fingerprint density at radius 2 is 1.86 bits per heavy atom. The van der Waals surface area contributed by atoms with Crippen LogP contribution in [0.15, 0.2) is 30.3 Å². The van der Waals surface area contributed by atoms with Crippen molar-refractivity contribution in [3.05, 3.63) is 35.9 Å². The molecule has 1 aromatic rings. The molecule has 0 spiro atoms. The predicted octanol–water partition coefficient (Wildman–Crippen LogP) is 2.80. The molecule has 1 amide bonds. The summed E-state index contributed by atoms with van der Waals surface area (Å²) >= 11 is 0. The quantitative estimate of drug-likeness (QED) is 0.794. The molecule has 0 aliphatic carbocycles. The van der Waals surface area contributed by atoms with E-state index in [1.165, 1.54) is 0 Å². The van der Waals surface area contributed by atoms with E-state index >= 15 is 0 Å². The van der Waals surface area contributed by atoms with Gasteiger partial charge in [0.15, 0.2) is 8.32 Å². The molecule has 118 valence electrons. The third-order valence-electron chi connectivity index (χ3n) is 4.04. The summed E-state index contributed by atoms with van der Waals surface area (Å²) in [6.45, 7) is 11.0. The summed E-state index contributed by atoms with van der Waals surface area (Å²) in [5.74, 6) is -0.187. The number of benzene rings is 1. The van der Waals surface area contributed by atoms with E-state index in [9.17, 15) is 9.90 Å². The molecule has 2 N–H and O–H groups in total. The summed E-state index contributed by atoms with van der Waals surface area (Å²) in [6.07, 6.45) is 0. The number of carbonyl (C=O) groups is 1. The van der Waals surface area contributed by atoms with Crippen molar-refractivity contribution in [3.63, 3.8) is 0 Å².